The maximum atomic E-state index is 12.8. The van der Waals surface area contributed by atoms with Crippen LogP contribution in [0.2, 0.25) is 0 Å². The smallest absolute Gasteiger partial charge is 0.274 e. The molecule has 1 aromatic heterocycles. The Bertz CT molecular complexity index is 764. The number of rotatable bonds is 3. The molecule has 1 aromatic carbocycles. The van der Waals surface area contributed by atoms with Crippen molar-refractivity contribution in [3.05, 3.63) is 46.8 Å². The molecule has 5 heteroatoms. The Balaban J connectivity index is 1.70. The summed E-state index contributed by atoms with van der Waals surface area (Å²) in [6.07, 6.45) is 4.23. The van der Waals surface area contributed by atoms with Crippen LogP contribution in [0.4, 0.5) is 0 Å². The number of nitrogens with zero attached hydrogens (tertiary/aromatic N) is 3. The Morgan fingerprint density at radius 1 is 1.29 bits per heavy atom. The van der Waals surface area contributed by atoms with E-state index in [0.29, 0.717) is 25.2 Å². The first-order valence-corrected chi connectivity index (χ1v) is 8.84. The van der Waals surface area contributed by atoms with E-state index in [0.717, 1.165) is 36.9 Å². The fourth-order valence-electron chi connectivity index (χ4n) is 3.77. The highest BCUT2D eigenvalue weighted by Gasteiger charge is 2.32. The van der Waals surface area contributed by atoms with E-state index in [9.17, 15) is 9.90 Å². The number of fused-ring (bicyclic) bond motifs is 1. The molecule has 0 bridgehead atoms. The minimum Gasteiger partial charge on any atom is -0.391 e. The normalized spacial score (nSPS) is 19.8. The van der Waals surface area contributed by atoms with Crippen molar-refractivity contribution in [2.75, 3.05) is 13.1 Å². The molecule has 2 aromatic rings. The Kier molecular flexibility index (Phi) is 3.88. The molecule has 1 aliphatic carbocycles. The first kappa shape index (κ1) is 15.4. The van der Waals surface area contributed by atoms with E-state index < -0.39 is 6.10 Å². The van der Waals surface area contributed by atoms with Gasteiger partial charge in [0.2, 0.25) is 0 Å². The average Bonchev–Trinajstić information content (AvgIpc) is 3.30. The third kappa shape index (κ3) is 2.53. The predicted molar refractivity (Wildman–Crippen MR) is 91.5 cm³/mol. The Hall–Kier alpha value is -2.14. The number of β-amino-alcohol motifs (C(OH)–C–C–N with tert-alkyl or cyclic N) is 1. The zero-order chi connectivity index (χ0) is 16.7. The number of hydrogen-bond donors (Lipinski definition) is 1. The van der Waals surface area contributed by atoms with Gasteiger partial charge in [0, 0.05) is 24.3 Å². The van der Waals surface area contributed by atoms with Crippen molar-refractivity contribution in [2.24, 2.45) is 0 Å². The van der Waals surface area contributed by atoms with Gasteiger partial charge in [0.25, 0.3) is 5.91 Å². The number of aliphatic hydroxyl groups excluding tert-OH is 1. The number of benzene rings is 1. The lowest BCUT2D eigenvalue weighted by Gasteiger charge is -2.14. The van der Waals surface area contributed by atoms with Gasteiger partial charge in [-0.1, -0.05) is 19.1 Å². The van der Waals surface area contributed by atoms with Gasteiger partial charge in [-0.15, -0.1) is 0 Å². The lowest BCUT2D eigenvalue weighted by atomic mass is 10.1. The van der Waals surface area contributed by atoms with E-state index in [4.69, 9.17) is 0 Å². The summed E-state index contributed by atoms with van der Waals surface area (Å²) in [6.45, 7) is 3.18. The summed E-state index contributed by atoms with van der Waals surface area (Å²) in [5, 5.41) is 14.4. The Labute approximate surface area is 141 Å². The van der Waals surface area contributed by atoms with Crippen molar-refractivity contribution in [3.63, 3.8) is 0 Å². The van der Waals surface area contributed by atoms with E-state index in [2.05, 4.69) is 36.3 Å². The molecule has 1 saturated heterocycles. The van der Waals surface area contributed by atoms with E-state index in [1.54, 1.807) is 4.90 Å². The summed E-state index contributed by atoms with van der Waals surface area (Å²) < 4.78 is 1.95. The molecule has 2 heterocycles. The van der Waals surface area contributed by atoms with Gasteiger partial charge in [0.05, 0.1) is 11.8 Å². The molecule has 1 fully saturated rings. The fraction of sp³-hybridized carbons (Fsp3) is 0.474. The number of carbonyl (C=O) groups excluding carboxylic acids is 1. The number of amides is 1. The van der Waals surface area contributed by atoms with E-state index in [1.165, 1.54) is 11.3 Å². The molecular formula is C19H23N3O2. The van der Waals surface area contributed by atoms with Gasteiger partial charge in [0.1, 0.15) is 0 Å². The van der Waals surface area contributed by atoms with Crippen LogP contribution in [-0.2, 0) is 19.3 Å². The van der Waals surface area contributed by atoms with Crippen molar-refractivity contribution >= 4 is 5.91 Å². The van der Waals surface area contributed by atoms with Gasteiger partial charge in [-0.2, -0.15) is 5.10 Å². The van der Waals surface area contributed by atoms with Crippen molar-refractivity contribution in [1.82, 2.24) is 14.7 Å². The van der Waals surface area contributed by atoms with Crippen LogP contribution in [0.1, 0.15) is 47.1 Å². The summed E-state index contributed by atoms with van der Waals surface area (Å²) in [5.41, 5.74) is 5.16. The van der Waals surface area contributed by atoms with Crippen LogP contribution < -0.4 is 0 Å². The molecule has 0 spiro atoms. The molecular weight excluding hydrogens is 302 g/mol. The van der Waals surface area contributed by atoms with Crippen molar-refractivity contribution in [2.45, 2.75) is 45.1 Å². The van der Waals surface area contributed by atoms with Gasteiger partial charge in [-0.25, -0.2) is 4.68 Å². The molecule has 4 rings (SSSR count). The quantitative estimate of drug-likeness (QED) is 0.940. The molecule has 1 atom stereocenters. The van der Waals surface area contributed by atoms with Crippen LogP contribution in [-0.4, -0.2) is 44.9 Å². The standard InChI is InChI=1S/C19H23N3O2/c1-2-13-6-8-14(9-7-13)22-17-5-3-4-16(17)18(20-22)19(24)21-11-10-15(23)12-21/h6-9,15,23H,2-5,10-12H2,1H3/t15-/m0/s1. The molecule has 0 unspecified atom stereocenters. The third-order valence-electron chi connectivity index (χ3n) is 5.17. The first-order valence-electron chi connectivity index (χ1n) is 8.84. The largest absolute Gasteiger partial charge is 0.391 e. The number of likely N-dealkylation sites (tertiary alicyclic amines) is 1. The summed E-state index contributed by atoms with van der Waals surface area (Å²) in [4.78, 5) is 14.6. The summed E-state index contributed by atoms with van der Waals surface area (Å²) in [7, 11) is 0. The number of aryl methyl sites for hydroxylation is 1. The third-order valence-corrected chi connectivity index (χ3v) is 5.17. The first-order chi connectivity index (χ1) is 11.7. The van der Waals surface area contributed by atoms with E-state index in [1.807, 2.05) is 4.68 Å². The summed E-state index contributed by atoms with van der Waals surface area (Å²) >= 11 is 0. The van der Waals surface area contributed by atoms with Gasteiger partial charge < -0.3 is 10.0 Å². The van der Waals surface area contributed by atoms with Crippen LogP contribution in [0.5, 0.6) is 0 Å². The molecule has 126 valence electrons. The van der Waals surface area contributed by atoms with Crippen LogP contribution in [0.15, 0.2) is 24.3 Å². The van der Waals surface area contributed by atoms with Crippen LogP contribution in [0.25, 0.3) is 5.69 Å². The van der Waals surface area contributed by atoms with Crippen molar-refractivity contribution in [3.8, 4) is 5.69 Å². The second kappa shape index (κ2) is 6.06. The van der Waals surface area contributed by atoms with E-state index >= 15 is 0 Å². The topological polar surface area (TPSA) is 58.4 Å². The predicted octanol–water partition coefficient (Wildman–Crippen LogP) is 2.13. The van der Waals surface area contributed by atoms with Crippen LogP contribution in [0.3, 0.4) is 0 Å². The Morgan fingerprint density at radius 2 is 2.08 bits per heavy atom. The number of carbonyl (C=O) groups is 1. The van der Waals surface area contributed by atoms with Gasteiger partial charge in [-0.05, 0) is 49.8 Å². The lowest BCUT2D eigenvalue weighted by molar-refractivity contribution is 0.0757. The van der Waals surface area contributed by atoms with Gasteiger partial charge in [0.15, 0.2) is 5.69 Å². The minimum absolute atomic E-state index is 0.0337. The molecule has 0 saturated carbocycles. The second-order valence-corrected chi connectivity index (χ2v) is 6.75. The monoisotopic (exact) mass is 325 g/mol. The molecule has 1 aliphatic heterocycles. The molecule has 1 N–H and O–H groups in total. The number of aromatic nitrogens is 2. The molecule has 0 radical (unpaired) electrons. The van der Waals surface area contributed by atoms with E-state index in [-0.39, 0.29) is 5.91 Å². The highest BCUT2D eigenvalue weighted by Crippen LogP contribution is 2.29. The molecule has 24 heavy (non-hydrogen) atoms. The summed E-state index contributed by atoms with van der Waals surface area (Å²) in [6, 6.07) is 8.41. The summed E-state index contributed by atoms with van der Waals surface area (Å²) in [5.74, 6) is -0.0337. The zero-order valence-corrected chi connectivity index (χ0v) is 14.0. The second-order valence-electron chi connectivity index (χ2n) is 6.75. The molecule has 5 nitrogen and oxygen atoms in total. The van der Waals surface area contributed by atoms with Gasteiger partial charge in [-0.3, -0.25) is 4.79 Å². The lowest BCUT2D eigenvalue weighted by Crippen LogP contribution is -2.30. The fourth-order valence-corrected chi connectivity index (χ4v) is 3.77. The molecule has 2 aliphatic rings. The van der Waals surface area contributed by atoms with Crippen LogP contribution >= 0.6 is 0 Å². The molecule has 1 amide bonds. The van der Waals surface area contributed by atoms with Crippen molar-refractivity contribution < 1.29 is 9.90 Å². The van der Waals surface area contributed by atoms with Crippen molar-refractivity contribution in [1.29, 1.82) is 0 Å². The average molecular weight is 325 g/mol. The van der Waals surface area contributed by atoms with Crippen LogP contribution in [0, 0.1) is 0 Å². The number of aliphatic hydroxyl groups is 1. The zero-order valence-electron chi connectivity index (χ0n) is 14.0. The highest BCUT2D eigenvalue weighted by molar-refractivity contribution is 5.94. The minimum atomic E-state index is -0.398. The maximum absolute atomic E-state index is 12.8. The Morgan fingerprint density at radius 3 is 2.75 bits per heavy atom. The highest BCUT2D eigenvalue weighted by atomic mass is 16.3. The van der Waals surface area contributed by atoms with Gasteiger partial charge >= 0.3 is 0 Å². The maximum Gasteiger partial charge on any atom is 0.274 e. The SMILES string of the molecule is CCc1ccc(-n2nc(C(=O)N3CC[C@H](O)C3)c3c2CCC3)cc1. The number of hydrogen-bond acceptors (Lipinski definition) is 3.